The number of piperazine rings is 1. The Morgan fingerprint density at radius 1 is 1.29 bits per heavy atom. The fraction of sp³-hybridized carbons (Fsp3) is 0.357. The number of carbonyl (C=O) groups is 1. The minimum atomic E-state index is -0.546. The predicted molar refractivity (Wildman–Crippen MR) is 97.3 cm³/mol. The predicted octanol–water partition coefficient (Wildman–Crippen LogP) is 2.24. The van der Waals surface area contributed by atoms with Gasteiger partial charge in [0.25, 0.3) is 5.91 Å². The molecule has 2 aromatic rings. The highest BCUT2D eigenvalue weighted by Gasteiger charge is 2.37. The normalized spacial score (nSPS) is 24.5. The summed E-state index contributed by atoms with van der Waals surface area (Å²) in [7, 11) is -0.546. The van der Waals surface area contributed by atoms with Gasteiger partial charge in [-0.2, -0.15) is 13.7 Å². The number of nitrogens with zero attached hydrogens (tertiary/aromatic N) is 5. The lowest BCUT2D eigenvalue weighted by Gasteiger charge is -2.36. The van der Waals surface area contributed by atoms with Crippen LogP contribution < -0.4 is 4.90 Å². The van der Waals surface area contributed by atoms with Gasteiger partial charge in [0.15, 0.2) is 16.1 Å². The summed E-state index contributed by atoms with van der Waals surface area (Å²) in [5.74, 6) is 5.38. The number of hydrogen-bond donors (Lipinski definition) is 0. The first-order valence-electron chi connectivity index (χ1n) is 7.32. The molecule has 10 heteroatoms. The quantitative estimate of drug-likeness (QED) is 0.740. The molecule has 0 N–H and O–H groups in total. The van der Waals surface area contributed by atoms with Crippen molar-refractivity contribution in [2.24, 2.45) is 4.99 Å². The Morgan fingerprint density at radius 3 is 2.67 bits per heavy atom. The molecule has 1 saturated heterocycles. The summed E-state index contributed by atoms with van der Waals surface area (Å²) in [5, 5.41) is 0.811. The molecular weight excluding hydrogens is 370 g/mol. The number of hydrogen-bond acceptors (Lipinski definition) is 7. The lowest BCUT2D eigenvalue weighted by Crippen LogP contribution is -2.48. The highest BCUT2D eigenvalue weighted by Crippen LogP contribution is 2.42. The SMILES string of the molecule is C=S1C(N2CCN(c3nsnc3Cl)CC2)=NC(=O)C1c1ccco1. The van der Waals surface area contributed by atoms with Gasteiger partial charge in [0.1, 0.15) is 11.0 Å². The van der Waals surface area contributed by atoms with Crippen LogP contribution in [0.5, 0.6) is 0 Å². The molecule has 126 valence electrons. The van der Waals surface area contributed by atoms with E-state index in [2.05, 4.69) is 29.4 Å². The zero-order chi connectivity index (χ0) is 16.7. The van der Waals surface area contributed by atoms with E-state index in [9.17, 15) is 4.79 Å². The second kappa shape index (κ2) is 6.30. The third kappa shape index (κ3) is 2.66. The smallest absolute Gasteiger partial charge is 0.268 e. The molecule has 2 unspecified atom stereocenters. The molecule has 1 amide bonds. The van der Waals surface area contributed by atoms with Gasteiger partial charge in [-0.3, -0.25) is 4.79 Å². The fourth-order valence-electron chi connectivity index (χ4n) is 2.85. The van der Waals surface area contributed by atoms with Crippen molar-refractivity contribution < 1.29 is 9.21 Å². The van der Waals surface area contributed by atoms with E-state index < -0.39 is 15.7 Å². The summed E-state index contributed by atoms with van der Waals surface area (Å²) in [4.78, 5) is 20.8. The second-order valence-electron chi connectivity index (χ2n) is 5.41. The molecule has 0 radical (unpaired) electrons. The van der Waals surface area contributed by atoms with Crippen molar-refractivity contribution in [3.05, 3.63) is 29.3 Å². The van der Waals surface area contributed by atoms with E-state index in [-0.39, 0.29) is 5.91 Å². The molecule has 0 aromatic carbocycles. The number of furan rings is 1. The van der Waals surface area contributed by atoms with Gasteiger partial charge < -0.3 is 14.2 Å². The number of anilines is 1. The maximum Gasteiger partial charge on any atom is 0.268 e. The van der Waals surface area contributed by atoms with Gasteiger partial charge in [0, 0.05) is 26.2 Å². The van der Waals surface area contributed by atoms with E-state index in [1.807, 2.05) is 0 Å². The summed E-state index contributed by atoms with van der Waals surface area (Å²) in [5.41, 5.74) is 0. The number of rotatable bonds is 2. The Hall–Kier alpha value is -1.71. The fourth-order valence-corrected chi connectivity index (χ4v) is 5.27. The molecule has 0 saturated carbocycles. The van der Waals surface area contributed by atoms with Crippen molar-refractivity contribution in [2.45, 2.75) is 5.25 Å². The van der Waals surface area contributed by atoms with Crippen molar-refractivity contribution in [1.29, 1.82) is 0 Å². The third-order valence-electron chi connectivity index (χ3n) is 4.03. The first-order chi connectivity index (χ1) is 11.6. The van der Waals surface area contributed by atoms with Crippen molar-refractivity contribution in [3.63, 3.8) is 0 Å². The highest BCUT2D eigenvalue weighted by molar-refractivity contribution is 8.28. The Kier molecular flexibility index (Phi) is 4.15. The topological polar surface area (TPSA) is 74.8 Å². The molecule has 4 heterocycles. The molecule has 0 bridgehead atoms. The average Bonchev–Trinajstić information content (AvgIpc) is 3.29. The molecule has 7 nitrogen and oxygen atoms in total. The van der Waals surface area contributed by atoms with Crippen LogP contribution in [0.1, 0.15) is 11.0 Å². The van der Waals surface area contributed by atoms with Crippen LogP contribution in [-0.2, 0) is 4.79 Å². The molecule has 2 aromatic heterocycles. The average molecular weight is 384 g/mol. The summed E-state index contributed by atoms with van der Waals surface area (Å²) in [6.07, 6.45) is 1.57. The van der Waals surface area contributed by atoms with Crippen LogP contribution in [-0.4, -0.2) is 56.8 Å². The molecule has 24 heavy (non-hydrogen) atoms. The third-order valence-corrected chi connectivity index (χ3v) is 6.73. The van der Waals surface area contributed by atoms with Gasteiger partial charge >= 0.3 is 0 Å². The van der Waals surface area contributed by atoms with Crippen LogP contribution in [0.25, 0.3) is 0 Å². The van der Waals surface area contributed by atoms with Gasteiger partial charge in [0.05, 0.1) is 18.0 Å². The standard InChI is InChI=1S/C14H14ClN5O2S2/c1-24-10(9-3-2-8-22-9)13(21)16-14(24)20-6-4-19(5-7-20)12-11(15)17-23-18-12/h2-3,8,10H,1,4-7H2. The monoisotopic (exact) mass is 383 g/mol. The van der Waals surface area contributed by atoms with Crippen molar-refractivity contribution in [1.82, 2.24) is 13.6 Å². The van der Waals surface area contributed by atoms with Crippen molar-refractivity contribution >= 4 is 56.6 Å². The lowest BCUT2D eigenvalue weighted by molar-refractivity contribution is -0.117. The van der Waals surface area contributed by atoms with E-state index >= 15 is 0 Å². The molecule has 2 atom stereocenters. The van der Waals surface area contributed by atoms with Gasteiger partial charge in [-0.25, -0.2) is 0 Å². The van der Waals surface area contributed by atoms with Gasteiger partial charge in [-0.1, -0.05) is 17.5 Å². The maximum absolute atomic E-state index is 12.3. The summed E-state index contributed by atoms with van der Waals surface area (Å²) in [6, 6.07) is 3.59. The van der Waals surface area contributed by atoms with Gasteiger partial charge in [-0.05, 0) is 12.1 Å². The molecule has 4 rings (SSSR count). The largest absolute Gasteiger partial charge is 0.468 e. The molecule has 0 aliphatic carbocycles. The van der Waals surface area contributed by atoms with Crippen LogP contribution in [0.3, 0.4) is 0 Å². The van der Waals surface area contributed by atoms with E-state index in [4.69, 9.17) is 16.0 Å². The van der Waals surface area contributed by atoms with Crippen LogP contribution in [0, 0.1) is 0 Å². The highest BCUT2D eigenvalue weighted by atomic mass is 35.5. The second-order valence-corrected chi connectivity index (χ2v) is 7.99. The van der Waals surface area contributed by atoms with Crippen LogP contribution in [0.15, 0.2) is 27.8 Å². The number of aromatic nitrogens is 2. The van der Waals surface area contributed by atoms with Crippen molar-refractivity contribution in [2.75, 3.05) is 31.1 Å². The van der Waals surface area contributed by atoms with E-state index in [0.717, 1.165) is 48.9 Å². The van der Waals surface area contributed by atoms with Crippen LogP contribution >= 0.6 is 33.8 Å². The molecule has 2 aliphatic heterocycles. The Balaban J connectivity index is 1.46. The first-order valence-corrected chi connectivity index (χ1v) is 9.88. The number of amides is 1. The minimum Gasteiger partial charge on any atom is -0.468 e. The van der Waals surface area contributed by atoms with Gasteiger partial charge in [0.2, 0.25) is 0 Å². The lowest BCUT2D eigenvalue weighted by atomic mass is 10.3. The zero-order valence-corrected chi connectivity index (χ0v) is 15.0. The Labute approximate surface area is 150 Å². The molecule has 0 spiro atoms. The van der Waals surface area contributed by atoms with Gasteiger partial charge in [-0.15, -0.1) is 10.5 Å². The maximum atomic E-state index is 12.3. The summed E-state index contributed by atoms with van der Waals surface area (Å²) < 4.78 is 13.6. The Morgan fingerprint density at radius 2 is 2.04 bits per heavy atom. The summed E-state index contributed by atoms with van der Waals surface area (Å²) >= 11 is 7.16. The number of halogens is 1. The Bertz CT molecular complexity index is 811. The number of carbonyl (C=O) groups excluding carboxylic acids is 1. The van der Waals surface area contributed by atoms with Crippen LogP contribution in [0.2, 0.25) is 5.15 Å². The zero-order valence-electron chi connectivity index (χ0n) is 12.6. The number of aliphatic imine (C=N–C) groups is 1. The van der Waals surface area contributed by atoms with E-state index in [1.165, 1.54) is 0 Å². The molecular formula is C14H14ClN5O2S2. The summed E-state index contributed by atoms with van der Waals surface area (Å²) in [6.45, 7) is 2.98. The minimum absolute atomic E-state index is 0.174. The van der Waals surface area contributed by atoms with Crippen molar-refractivity contribution in [3.8, 4) is 0 Å². The molecule has 2 aliphatic rings. The van der Waals surface area contributed by atoms with E-state index in [0.29, 0.717) is 10.9 Å². The van der Waals surface area contributed by atoms with E-state index in [1.54, 1.807) is 18.4 Å². The first kappa shape index (κ1) is 15.8. The number of amidine groups is 1. The molecule has 1 fully saturated rings. The van der Waals surface area contributed by atoms with Crippen LogP contribution in [0.4, 0.5) is 5.82 Å².